The molecular weight excluding hydrogens is 542 g/mol. The fraction of sp³-hybridized carbons (Fsp3) is 0.438. The van der Waals surface area contributed by atoms with Crippen LogP contribution in [0.4, 0.5) is 10.5 Å². The number of halogens is 1. The van der Waals surface area contributed by atoms with Crippen molar-refractivity contribution in [2.45, 2.75) is 82.6 Å². The number of nitrogens with zero attached hydrogens (tertiary/aromatic N) is 2. The second kappa shape index (κ2) is 16.0. The highest BCUT2D eigenvalue weighted by Crippen LogP contribution is 2.36. The fourth-order valence-electron chi connectivity index (χ4n) is 4.63. The van der Waals surface area contributed by atoms with Crippen molar-refractivity contribution < 1.29 is 23.9 Å². The van der Waals surface area contributed by atoms with E-state index in [4.69, 9.17) is 21.1 Å². The molecule has 0 saturated carbocycles. The number of Topliss-reactive ketones (excluding diaryl/α,β-unsaturated/α-hetero) is 1. The second-order valence-corrected chi connectivity index (χ2v) is 10.6. The molecule has 2 unspecified atom stereocenters. The van der Waals surface area contributed by atoms with Gasteiger partial charge < -0.3 is 9.47 Å². The van der Waals surface area contributed by atoms with Crippen molar-refractivity contribution in [2.75, 3.05) is 12.0 Å². The Morgan fingerprint density at radius 2 is 1.56 bits per heavy atom. The Morgan fingerprint density at radius 1 is 0.902 bits per heavy atom. The van der Waals surface area contributed by atoms with E-state index in [9.17, 15) is 14.4 Å². The summed E-state index contributed by atoms with van der Waals surface area (Å²) >= 11 is 7.01. The first-order chi connectivity index (χ1) is 19.9. The fourth-order valence-corrected chi connectivity index (χ4v) is 4.92. The smallest absolute Gasteiger partial charge is 0.421 e. The van der Waals surface area contributed by atoms with Crippen LogP contribution in [0, 0.1) is 0 Å². The average Bonchev–Trinajstić information content (AvgIpc) is 3.55. The molecule has 41 heavy (non-hydrogen) atoms. The Balaban J connectivity index is 1.97. The van der Waals surface area contributed by atoms with Crippen LogP contribution in [0.5, 0.6) is 5.75 Å². The number of aromatic nitrogens is 2. The maximum absolute atomic E-state index is 14.4. The number of anilines is 1. The highest BCUT2D eigenvalue weighted by Gasteiger charge is 2.52. The molecule has 0 fully saturated rings. The molecule has 220 valence electrons. The number of hydrogen-bond acceptors (Lipinski definition) is 6. The van der Waals surface area contributed by atoms with Gasteiger partial charge in [0.05, 0.1) is 18.5 Å². The summed E-state index contributed by atoms with van der Waals surface area (Å²) in [7, 11) is 1.51. The van der Waals surface area contributed by atoms with E-state index in [1.165, 1.54) is 37.9 Å². The molecule has 2 aromatic carbocycles. The Morgan fingerprint density at radius 3 is 2.17 bits per heavy atom. The number of alkyl halides is 1. The van der Waals surface area contributed by atoms with Crippen LogP contribution in [-0.2, 0) is 14.4 Å². The van der Waals surface area contributed by atoms with Crippen LogP contribution in [0.25, 0.3) is 0 Å². The minimum absolute atomic E-state index is 0.0390. The monoisotopic (exact) mass is 581 g/mol. The van der Waals surface area contributed by atoms with Crippen molar-refractivity contribution in [3.05, 3.63) is 78.1 Å². The molecule has 2 atom stereocenters. The molecule has 3 rings (SSSR count). The molecule has 3 aromatic rings. The van der Waals surface area contributed by atoms with Crippen molar-refractivity contribution in [1.82, 2.24) is 10.2 Å². The maximum atomic E-state index is 14.4. The largest absolute Gasteiger partial charge is 0.497 e. The van der Waals surface area contributed by atoms with E-state index < -0.39 is 22.7 Å². The van der Waals surface area contributed by atoms with E-state index in [1.807, 2.05) is 0 Å². The molecule has 9 heteroatoms. The number of unbranched alkanes of at least 4 members (excludes halogenated alkanes) is 5. The molecule has 0 radical (unpaired) electrons. The average molecular weight is 582 g/mol. The third-order valence-electron chi connectivity index (χ3n) is 7.01. The van der Waals surface area contributed by atoms with Gasteiger partial charge in [0.25, 0.3) is 5.91 Å². The lowest BCUT2D eigenvalue weighted by atomic mass is 9.91. The maximum Gasteiger partial charge on any atom is 0.421 e. The number of H-pyrrole nitrogens is 1. The highest BCUT2D eigenvalue weighted by atomic mass is 35.5. The van der Waals surface area contributed by atoms with Crippen LogP contribution >= 0.6 is 11.6 Å². The van der Waals surface area contributed by atoms with Crippen LogP contribution in [0.2, 0.25) is 0 Å². The van der Waals surface area contributed by atoms with Crippen LogP contribution in [0.3, 0.4) is 0 Å². The minimum atomic E-state index is -2.32. The molecule has 0 spiro atoms. The zero-order valence-electron chi connectivity index (χ0n) is 24.1. The predicted octanol–water partition coefficient (Wildman–Crippen LogP) is 7.82. The van der Waals surface area contributed by atoms with Crippen molar-refractivity contribution in [2.24, 2.45) is 0 Å². The number of carbonyl (C=O) groups excluding carboxylic acids is 3. The van der Waals surface area contributed by atoms with E-state index in [1.54, 1.807) is 42.5 Å². The van der Waals surface area contributed by atoms with Crippen molar-refractivity contribution in [3.8, 4) is 5.75 Å². The Kier molecular flexibility index (Phi) is 12.4. The summed E-state index contributed by atoms with van der Waals surface area (Å²) in [5, 5.41) is 6.58. The molecule has 1 aromatic heterocycles. The second-order valence-electron chi connectivity index (χ2n) is 10.0. The lowest BCUT2D eigenvalue weighted by molar-refractivity contribution is -0.120. The number of carbonyl (C=O) groups is 3. The topological polar surface area (TPSA) is 102 Å². The number of amides is 2. The first kappa shape index (κ1) is 31.9. The number of para-hydroxylation sites is 1. The zero-order valence-corrected chi connectivity index (χ0v) is 24.9. The quantitative estimate of drug-likeness (QED) is 0.0800. The van der Waals surface area contributed by atoms with E-state index in [2.05, 4.69) is 24.0 Å². The SMILES string of the molecule is CCCCCCCC(CCCC)OC(=O)N(C(=O)C(Cl)(C(=O)c1ccc(OC)cc1)c1ccn[nH]1)c1ccccc1. The van der Waals surface area contributed by atoms with Gasteiger partial charge in [0, 0.05) is 11.8 Å². The normalized spacial score (nSPS) is 13.2. The third kappa shape index (κ3) is 8.19. The van der Waals surface area contributed by atoms with Gasteiger partial charge in [-0.25, -0.2) is 9.69 Å². The molecule has 0 bridgehead atoms. The number of ketones is 1. The number of benzene rings is 2. The minimum Gasteiger partial charge on any atom is -0.497 e. The van der Waals surface area contributed by atoms with Crippen LogP contribution in [0.1, 0.15) is 87.7 Å². The summed E-state index contributed by atoms with van der Waals surface area (Å²) in [5.74, 6) is -1.14. The van der Waals surface area contributed by atoms with Gasteiger partial charge in [-0.05, 0) is 61.7 Å². The molecule has 8 nitrogen and oxygen atoms in total. The first-order valence-corrected chi connectivity index (χ1v) is 14.7. The van der Waals surface area contributed by atoms with Crippen molar-refractivity contribution >= 4 is 35.1 Å². The van der Waals surface area contributed by atoms with E-state index in [0.717, 1.165) is 43.4 Å². The molecule has 1 heterocycles. The number of hydrogen-bond donors (Lipinski definition) is 1. The number of imide groups is 1. The molecule has 1 N–H and O–H groups in total. The van der Waals surface area contributed by atoms with Gasteiger partial charge in [0.1, 0.15) is 11.9 Å². The zero-order chi connectivity index (χ0) is 29.7. The standard InChI is InChI=1S/C32H40ClN3O5/c1-4-6-8-9-13-17-27(16-7-5-2)41-31(39)36(25-14-11-10-12-15-25)30(38)32(33,28-22-23-34-35-28)29(37)24-18-20-26(40-3)21-19-24/h10-12,14-15,18-23,27H,4-9,13,16-17H2,1-3H3,(H,34,35). The Bertz CT molecular complexity index is 1230. The third-order valence-corrected chi connectivity index (χ3v) is 7.55. The van der Waals surface area contributed by atoms with Crippen LogP contribution < -0.4 is 9.64 Å². The van der Waals surface area contributed by atoms with Gasteiger partial charge in [-0.3, -0.25) is 14.7 Å². The lowest BCUT2D eigenvalue weighted by Crippen LogP contribution is -2.52. The summed E-state index contributed by atoms with van der Waals surface area (Å²) in [5.41, 5.74) is 0.446. The van der Waals surface area contributed by atoms with Gasteiger partial charge in [0.15, 0.2) is 5.78 Å². The van der Waals surface area contributed by atoms with Gasteiger partial charge in [-0.1, -0.05) is 82.2 Å². The first-order valence-electron chi connectivity index (χ1n) is 14.3. The number of methoxy groups -OCH3 is 1. The number of rotatable bonds is 16. The summed E-state index contributed by atoms with van der Waals surface area (Å²) in [6.45, 7) is 4.25. The Hall–Kier alpha value is -3.65. The number of aromatic amines is 1. The molecule has 2 amide bonds. The number of ether oxygens (including phenoxy) is 2. The van der Waals surface area contributed by atoms with Crippen LogP contribution in [0.15, 0.2) is 66.9 Å². The molecular formula is C32H40ClN3O5. The van der Waals surface area contributed by atoms with Gasteiger partial charge in [-0.2, -0.15) is 5.10 Å². The molecule has 0 saturated heterocycles. The van der Waals surface area contributed by atoms with Gasteiger partial charge in [-0.15, -0.1) is 0 Å². The van der Waals surface area contributed by atoms with E-state index >= 15 is 0 Å². The summed E-state index contributed by atoms with van der Waals surface area (Å²) < 4.78 is 11.2. The summed E-state index contributed by atoms with van der Waals surface area (Å²) in [4.78, 5) is 40.7. The number of nitrogens with one attached hydrogen (secondary N) is 1. The van der Waals surface area contributed by atoms with Crippen molar-refractivity contribution in [3.63, 3.8) is 0 Å². The lowest BCUT2D eigenvalue weighted by Gasteiger charge is -2.31. The predicted molar refractivity (Wildman–Crippen MR) is 161 cm³/mol. The van der Waals surface area contributed by atoms with E-state index in [-0.39, 0.29) is 23.0 Å². The molecule has 0 aliphatic rings. The molecule has 0 aliphatic heterocycles. The summed E-state index contributed by atoms with van der Waals surface area (Å²) in [6, 6.07) is 16.1. The van der Waals surface area contributed by atoms with E-state index in [0.29, 0.717) is 18.6 Å². The summed E-state index contributed by atoms with van der Waals surface area (Å²) in [6.07, 6.45) is 8.80. The molecule has 0 aliphatic carbocycles. The van der Waals surface area contributed by atoms with Gasteiger partial charge in [0.2, 0.25) is 4.87 Å². The highest BCUT2D eigenvalue weighted by molar-refractivity contribution is 6.51. The van der Waals surface area contributed by atoms with Gasteiger partial charge >= 0.3 is 6.09 Å². The van der Waals surface area contributed by atoms with Crippen LogP contribution in [-0.4, -0.2) is 41.2 Å². The van der Waals surface area contributed by atoms with Crippen molar-refractivity contribution in [1.29, 1.82) is 0 Å². The Labute approximate surface area is 247 Å².